The zero-order chi connectivity index (χ0) is 21.0. The Kier molecular flexibility index (Phi) is 6.18. The number of rotatable bonds is 6. The van der Waals surface area contributed by atoms with Crippen LogP contribution in [0.5, 0.6) is 11.5 Å². The Labute approximate surface area is 170 Å². The molecule has 7 nitrogen and oxygen atoms in total. The van der Waals surface area contributed by atoms with Crippen molar-refractivity contribution in [2.75, 3.05) is 26.1 Å². The van der Waals surface area contributed by atoms with Gasteiger partial charge in [0.15, 0.2) is 11.5 Å². The van der Waals surface area contributed by atoms with Crippen molar-refractivity contribution in [3.63, 3.8) is 0 Å². The van der Waals surface area contributed by atoms with Crippen molar-refractivity contribution < 1.29 is 28.2 Å². The number of nitrogens with one attached hydrogen (secondary N) is 1. The number of anilines is 1. The number of hydrogen-bond donors (Lipinski definition) is 1. The molecule has 1 saturated heterocycles. The maximum Gasteiger partial charge on any atom is 0.294 e. The van der Waals surface area contributed by atoms with Gasteiger partial charge in [-0.2, -0.15) is 0 Å². The Morgan fingerprint density at radius 2 is 1.86 bits per heavy atom. The summed E-state index contributed by atoms with van der Waals surface area (Å²) in [6.45, 7) is -0.512. The molecule has 1 heterocycles. The van der Waals surface area contributed by atoms with Gasteiger partial charge in [0.05, 0.1) is 24.8 Å². The zero-order valence-electron chi connectivity index (χ0n) is 15.6. The summed E-state index contributed by atoms with van der Waals surface area (Å²) in [7, 11) is 3.00. The van der Waals surface area contributed by atoms with Crippen molar-refractivity contribution in [3.8, 4) is 11.5 Å². The van der Waals surface area contributed by atoms with Crippen molar-refractivity contribution in [2.45, 2.75) is 0 Å². The standard InChI is InChI=1S/C20H17FN2O5S/c1-27-15-8-7-12(9-16(15)28-2)10-17-19(25)23(20(26)29-17)11-18(24)22-14-6-4-3-5-13(14)21/h3-10H,11H2,1-2H3,(H,22,24). The fourth-order valence-electron chi connectivity index (χ4n) is 2.63. The molecular formula is C20H17FN2O5S. The molecule has 2 aromatic carbocycles. The summed E-state index contributed by atoms with van der Waals surface area (Å²) >= 11 is 0.724. The second-order valence-corrected chi connectivity index (χ2v) is 6.90. The monoisotopic (exact) mass is 416 g/mol. The van der Waals surface area contributed by atoms with Crippen LogP contribution in [0, 0.1) is 5.82 Å². The number of nitrogens with zero attached hydrogens (tertiary/aromatic N) is 1. The molecule has 1 fully saturated rings. The molecule has 0 aromatic heterocycles. The van der Waals surface area contributed by atoms with Gasteiger partial charge in [0.25, 0.3) is 11.1 Å². The van der Waals surface area contributed by atoms with Crippen LogP contribution < -0.4 is 14.8 Å². The molecule has 0 unspecified atom stereocenters. The molecule has 0 bridgehead atoms. The Balaban J connectivity index is 1.73. The number of ether oxygens (including phenoxy) is 2. The first-order chi connectivity index (χ1) is 13.9. The maximum atomic E-state index is 13.6. The SMILES string of the molecule is COc1ccc(C=C2SC(=O)N(CC(=O)Nc3ccccc3F)C2=O)cc1OC. The van der Waals surface area contributed by atoms with Gasteiger partial charge in [0.1, 0.15) is 12.4 Å². The average molecular weight is 416 g/mol. The van der Waals surface area contributed by atoms with Gasteiger partial charge in [-0.1, -0.05) is 18.2 Å². The first kappa shape index (κ1) is 20.4. The number of imide groups is 1. The minimum atomic E-state index is -0.676. The zero-order valence-corrected chi connectivity index (χ0v) is 16.4. The Hall–Kier alpha value is -3.33. The number of methoxy groups -OCH3 is 2. The van der Waals surface area contributed by atoms with Crippen LogP contribution in [0.1, 0.15) is 5.56 Å². The van der Waals surface area contributed by atoms with Crippen molar-refractivity contribution in [3.05, 3.63) is 58.8 Å². The summed E-state index contributed by atoms with van der Waals surface area (Å²) in [6, 6.07) is 10.7. The lowest BCUT2D eigenvalue weighted by Crippen LogP contribution is -2.36. The molecule has 0 radical (unpaired) electrons. The number of para-hydroxylation sites is 1. The normalized spacial score (nSPS) is 15.0. The quantitative estimate of drug-likeness (QED) is 0.726. The smallest absolute Gasteiger partial charge is 0.294 e. The van der Waals surface area contributed by atoms with Gasteiger partial charge in [0.2, 0.25) is 5.91 Å². The van der Waals surface area contributed by atoms with E-state index in [4.69, 9.17) is 9.47 Å². The minimum absolute atomic E-state index is 0.0228. The van der Waals surface area contributed by atoms with Gasteiger partial charge in [-0.25, -0.2) is 4.39 Å². The summed E-state index contributed by atoms with van der Waals surface area (Å²) in [4.78, 5) is 37.9. The lowest BCUT2D eigenvalue weighted by molar-refractivity contribution is -0.127. The van der Waals surface area contributed by atoms with E-state index in [-0.39, 0.29) is 10.6 Å². The highest BCUT2D eigenvalue weighted by atomic mass is 32.2. The number of carbonyl (C=O) groups excluding carboxylic acids is 3. The topological polar surface area (TPSA) is 84.9 Å². The molecule has 29 heavy (non-hydrogen) atoms. The fourth-order valence-corrected chi connectivity index (χ4v) is 3.46. The number of benzene rings is 2. The van der Waals surface area contributed by atoms with Gasteiger partial charge in [-0.3, -0.25) is 19.3 Å². The summed E-state index contributed by atoms with van der Waals surface area (Å²) in [5.74, 6) is -0.876. The van der Waals surface area contributed by atoms with Crippen LogP contribution >= 0.6 is 11.8 Å². The summed E-state index contributed by atoms with van der Waals surface area (Å²) in [5.41, 5.74) is 0.606. The van der Waals surface area contributed by atoms with Gasteiger partial charge in [-0.15, -0.1) is 0 Å². The van der Waals surface area contributed by atoms with E-state index in [1.54, 1.807) is 24.3 Å². The molecule has 3 rings (SSSR count). The summed E-state index contributed by atoms with van der Waals surface area (Å²) in [6.07, 6.45) is 1.53. The van der Waals surface area contributed by atoms with Crippen LogP contribution in [0.4, 0.5) is 14.9 Å². The molecule has 2 aromatic rings. The molecule has 9 heteroatoms. The molecule has 0 saturated carbocycles. The van der Waals surface area contributed by atoms with E-state index in [2.05, 4.69) is 5.32 Å². The molecule has 1 aliphatic rings. The molecule has 150 valence electrons. The molecule has 1 N–H and O–H groups in total. The second kappa shape index (κ2) is 8.78. The Bertz CT molecular complexity index is 1010. The van der Waals surface area contributed by atoms with Crippen LogP contribution in [0.15, 0.2) is 47.4 Å². The van der Waals surface area contributed by atoms with Crippen LogP contribution in [-0.2, 0) is 9.59 Å². The highest BCUT2D eigenvalue weighted by Crippen LogP contribution is 2.34. The summed E-state index contributed by atoms with van der Waals surface area (Å²) < 4.78 is 24.0. The van der Waals surface area contributed by atoms with E-state index >= 15 is 0 Å². The van der Waals surface area contributed by atoms with E-state index in [9.17, 15) is 18.8 Å². The molecular weight excluding hydrogens is 399 g/mol. The van der Waals surface area contributed by atoms with E-state index in [0.717, 1.165) is 16.7 Å². The maximum absolute atomic E-state index is 13.6. The van der Waals surface area contributed by atoms with Crippen LogP contribution in [0.3, 0.4) is 0 Å². The van der Waals surface area contributed by atoms with Crippen molar-refractivity contribution in [2.24, 2.45) is 0 Å². The number of amides is 3. The fraction of sp³-hybridized carbons (Fsp3) is 0.150. The predicted molar refractivity (Wildman–Crippen MR) is 107 cm³/mol. The van der Waals surface area contributed by atoms with E-state index in [0.29, 0.717) is 17.1 Å². The molecule has 0 aliphatic carbocycles. The third-order valence-corrected chi connectivity index (χ3v) is 4.94. The average Bonchev–Trinajstić information content (AvgIpc) is 2.97. The summed E-state index contributed by atoms with van der Waals surface area (Å²) in [5, 5.41) is 1.77. The van der Waals surface area contributed by atoms with Crippen molar-refractivity contribution in [1.29, 1.82) is 0 Å². The number of hydrogen-bond acceptors (Lipinski definition) is 6. The van der Waals surface area contributed by atoms with Gasteiger partial charge < -0.3 is 14.8 Å². The molecule has 0 spiro atoms. The molecule has 1 aliphatic heterocycles. The first-order valence-electron chi connectivity index (χ1n) is 8.44. The molecule has 0 atom stereocenters. The predicted octanol–water partition coefficient (Wildman–Crippen LogP) is 3.52. The molecule has 3 amide bonds. The third-order valence-electron chi connectivity index (χ3n) is 4.03. The third kappa shape index (κ3) is 4.57. The minimum Gasteiger partial charge on any atom is -0.493 e. The van der Waals surface area contributed by atoms with Crippen molar-refractivity contribution in [1.82, 2.24) is 4.90 Å². The van der Waals surface area contributed by atoms with Crippen LogP contribution in [-0.4, -0.2) is 42.7 Å². The number of carbonyl (C=O) groups is 3. The van der Waals surface area contributed by atoms with Gasteiger partial charge in [-0.05, 0) is 47.7 Å². The number of thioether (sulfide) groups is 1. The van der Waals surface area contributed by atoms with E-state index in [1.807, 2.05) is 0 Å². The number of halogens is 1. The van der Waals surface area contributed by atoms with Crippen LogP contribution in [0.25, 0.3) is 6.08 Å². The van der Waals surface area contributed by atoms with Crippen LogP contribution in [0.2, 0.25) is 0 Å². The van der Waals surface area contributed by atoms with Gasteiger partial charge >= 0.3 is 0 Å². The largest absolute Gasteiger partial charge is 0.493 e. The Morgan fingerprint density at radius 3 is 2.55 bits per heavy atom. The lowest BCUT2D eigenvalue weighted by Gasteiger charge is -2.12. The van der Waals surface area contributed by atoms with E-state index in [1.165, 1.54) is 38.5 Å². The highest BCUT2D eigenvalue weighted by Gasteiger charge is 2.36. The van der Waals surface area contributed by atoms with E-state index < -0.39 is 29.4 Å². The van der Waals surface area contributed by atoms with Gasteiger partial charge in [0, 0.05) is 0 Å². The highest BCUT2D eigenvalue weighted by molar-refractivity contribution is 8.18. The van der Waals surface area contributed by atoms with Crippen molar-refractivity contribution >= 4 is 40.6 Å². The Morgan fingerprint density at radius 1 is 1.14 bits per heavy atom. The lowest BCUT2D eigenvalue weighted by atomic mass is 10.2. The first-order valence-corrected chi connectivity index (χ1v) is 9.26. The second-order valence-electron chi connectivity index (χ2n) is 5.91.